The van der Waals surface area contributed by atoms with Gasteiger partial charge in [0, 0.05) is 38.0 Å². The van der Waals surface area contributed by atoms with Gasteiger partial charge in [-0.3, -0.25) is 4.90 Å². The van der Waals surface area contributed by atoms with Gasteiger partial charge in [0.05, 0.1) is 5.75 Å². The molecule has 0 aromatic heterocycles. The van der Waals surface area contributed by atoms with E-state index < -0.39 is 9.84 Å². The molecule has 0 saturated carbocycles. The van der Waals surface area contributed by atoms with Gasteiger partial charge in [0.25, 0.3) is 0 Å². The summed E-state index contributed by atoms with van der Waals surface area (Å²) in [6.07, 6.45) is 1.32. The molecule has 1 N–H and O–H groups in total. The molecule has 2 unspecified atom stereocenters. The summed E-state index contributed by atoms with van der Waals surface area (Å²) in [6.45, 7) is 15.9. The number of nitrogens with one attached hydrogen (secondary N) is 1. The van der Waals surface area contributed by atoms with Gasteiger partial charge < -0.3 is 5.32 Å². The number of piperazine rings is 1. The third kappa shape index (κ3) is 5.34. The summed E-state index contributed by atoms with van der Waals surface area (Å²) in [5.74, 6) is 0.246. The van der Waals surface area contributed by atoms with Crippen LogP contribution in [0.5, 0.6) is 0 Å². The Hall–Kier alpha value is -0.130. The highest BCUT2D eigenvalue weighted by Crippen LogP contribution is 2.30. The summed E-state index contributed by atoms with van der Waals surface area (Å²) in [5.41, 5.74) is 0.333. The number of hydrogen-bond donors (Lipinski definition) is 1. The van der Waals surface area contributed by atoms with Crippen LogP contribution in [-0.4, -0.2) is 57.0 Å². The van der Waals surface area contributed by atoms with E-state index in [4.69, 9.17) is 0 Å². The monoisotopic (exact) mass is 304 g/mol. The molecular weight excluding hydrogens is 272 g/mol. The van der Waals surface area contributed by atoms with E-state index in [1.54, 1.807) is 0 Å². The van der Waals surface area contributed by atoms with E-state index in [9.17, 15) is 8.42 Å². The Bertz CT molecular complexity index is 418. The Morgan fingerprint density at radius 1 is 1.10 bits per heavy atom. The Balaban J connectivity index is 2.84. The minimum absolute atomic E-state index is 0.146. The smallest absolute Gasteiger partial charge is 0.148 e. The largest absolute Gasteiger partial charge is 0.311 e. The Labute approximate surface area is 125 Å². The van der Waals surface area contributed by atoms with E-state index in [1.807, 2.05) is 0 Å². The van der Waals surface area contributed by atoms with Crippen molar-refractivity contribution in [2.75, 3.05) is 31.6 Å². The Morgan fingerprint density at radius 2 is 1.65 bits per heavy atom. The summed E-state index contributed by atoms with van der Waals surface area (Å²) < 4.78 is 22.9. The van der Waals surface area contributed by atoms with Crippen LogP contribution < -0.4 is 5.32 Å². The maximum absolute atomic E-state index is 11.5. The average Bonchev–Trinajstić information content (AvgIpc) is 2.22. The first kappa shape index (κ1) is 17.9. The minimum Gasteiger partial charge on any atom is -0.311 e. The topological polar surface area (TPSA) is 49.4 Å². The molecule has 120 valence electrons. The van der Waals surface area contributed by atoms with Gasteiger partial charge >= 0.3 is 0 Å². The molecule has 5 heteroatoms. The van der Waals surface area contributed by atoms with Gasteiger partial charge in [-0.05, 0) is 10.8 Å². The quantitative estimate of drug-likeness (QED) is 0.863. The fourth-order valence-electron chi connectivity index (χ4n) is 2.77. The molecule has 0 bridgehead atoms. The first-order chi connectivity index (χ1) is 8.81. The summed E-state index contributed by atoms with van der Waals surface area (Å²) in [7, 11) is -2.91. The van der Waals surface area contributed by atoms with Crippen molar-refractivity contribution < 1.29 is 8.42 Å². The van der Waals surface area contributed by atoms with Crippen molar-refractivity contribution in [3.8, 4) is 0 Å². The van der Waals surface area contributed by atoms with Crippen molar-refractivity contribution in [2.45, 2.75) is 53.6 Å². The first-order valence-corrected chi connectivity index (χ1v) is 9.52. The SMILES string of the molecule is CC(C)(C)C1CN(CCS(C)(=O)=O)C(C(C)(C)C)CN1. The highest BCUT2D eigenvalue weighted by molar-refractivity contribution is 7.90. The zero-order valence-corrected chi connectivity index (χ0v) is 15.0. The molecule has 0 amide bonds. The number of hydrogen-bond acceptors (Lipinski definition) is 4. The summed E-state index contributed by atoms with van der Waals surface area (Å²) >= 11 is 0. The Kier molecular flexibility index (Phi) is 5.32. The predicted molar refractivity (Wildman–Crippen MR) is 85.8 cm³/mol. The van der Waals surface area contributed by atoms with Gasteiger partial charge in [-0.2, -0.15) is 0 Å². The molecule has 20 heavy (non-hydrogen) atoms. The van der Waals surface area contributed by atoms with Crippen LogP contribution in [-0.2, 0) is 9.84 Å². The van der Waals surface area contributed by atoms with E-state index in [1.165, 1.54) is 6.26 Å². The van der Waals surface area contributed by atoms with Gasteiger partial charge in [0.1, 0.15) is 9.84 Å². The zero-order valence-electron chi connectivity index (χ0n) is 14.2. The molecule has 1 heterocycles. The fourth-order valence-corrected chi connectivity index (χ4v) is 3.34. The molecule has 0 aromatic rings. The second kappa shape index (κ2) is 5.93. The van der Waals surface area contributed by atoms with E-state index in [0.717, 1.165) is 13.1 Å². The van der Waals surface area contributed by atoms with Crippen molar-refractivity contribution in [2.24, 2.45) is 10.8 Å². The lowest BCUT2D eigenvalue weighted by Crippen LogP contribution is -2.64. The van der Waals surface area contributed by atoms with Crippen LogP contribution in [0, 0.1) is 10.8 Å². The van der Waals surface area contributed by atoms with Gasteiger partial charge in [-0.15, -0.1) is 0 Å². The molecule has 4 nitrogen and oxygen atoms in total. The van der Waals surface area contributed by atoms with Crippen LogP contribution in [0.15, 0.2) is 0 Å². The van der Waals surface area contributed by atoms with Gasteiger partial charge in [-0.25, -0.2) is 8.42 Å². The third-order valence-electron chi connectivity index (χ3n) is 4.21. The van der Waals surface area contributed by atoms with Gasteiger partial charge in [0.15, 0.2) is 0 Å². The molecule has 1 aliphatic heterocycles. The second-order valence-corrected chi connectivity index (χ2v) is 10.6. The van der Waals surface area contributed by atoms with Crippen LogP contribution in [0.25, 0.3) is 0 Å². The summed E-state index contributed by atoms with van der Waals surface area (Å²) in [6, 6.07) is 0.781. The van der Waals surface area contributed by atoms with Gasteiger partial charge in [0.2, 0.25) is 0 Å². The number of rotatable bonds is 3. The van der Waals surface area contributed by atoms with Crippen LogP contribution in [0.3, 0.4) is 0 Å². The molecule has 0 spiro atoms. The van der Waals surface area contributed by atoms with Crippen LogP contribution in [0.4, 0.5) is 0 Å². The van der Waals surface area contributed by atoms with E-state index in [-0.39, 0.29) is 16.6 Å². The Morgan fingerprint density at radius 3 is 2.05 bits per heavy atom. The highest BCUT2D eigenvalue weighted by Gasteiger charge is 2.38. The minimum atomic E-state index is -2.91. The molecule has 1 rings (SSSR count). The molecule has 1 fully saturated rings. The van der Waals surface area contributed by atoms with E-state index in [2.05, 4.69) is 51.8 Å². The van der Waals surface area contributed by atoms with E-state index >= 15 is 0 Å². The molecular formula is C15H32N2O2S. The lowest BCUT2D eigenvalue weighted by atomic mass is 9.79. The lowest BCUT2D eigenvalue weighted by molar-refractivity contribution is 0.0350. The van der Waals surface area contributed by atoms with Crippen molar-refractivity contribution >= 4 is 9.84 Å². The fraction of sp³-hybridized carbons (Fsp3) is 1.00. The summed E-state index contributed by atoms with van der Waals surface area (Å²) in [4.78, 5) is 2.37. The molecule has 1 saturated heterocycles. The number of sulfone groups is 1. The molecule has 0 aliphatic carbocycles. The highest BCUT2D eigenvalue weighted by atomic mass is 32.2. The predicted octanol–water partition coefficient (Wildman–Crippen LogP) is 1.77. The van der Waals surface area contributed by atoms with Gasteiger partial charge in [-0.1, -0.05) is 41.5 Å². The van der Waals surface area contributed by atoms with E-state index in [0.29, 0.717) is 18.6 Å². The standard InChI is InChI=1S/C15H32N2O2S/c1-14(2,3)12-11-17(8-9-20(7,18)19)13(10-16-12)15(4,5)6/h12-13,16H,8-11H2,1-7H3. The number of nitrogens with zero attached hydrogens (tertiary/aromatic N) is 1. The van der Waals surface area contributed by atoms with Crippen molar-refractivity contribution in [3.05, 3.63) is 0 Å². The van der Waals surface area contributed by atoms with Crippen LogP contribution >= 0.6 is 0 Å². The first-order valence-electron chi connectivity index (χ1n) is 7.46. The second-order valence-electron chi connectivity index (χ2n) is 8.33. The molecule has 0 radical (unpaired) electrons. The van der Waals surface area contributed by atoms with Crippen LogP contribution in [0.1, 0.15) is 41.5 Å². The molecule has 2 atom stereocenters. The lowest BCUT2D eigenvalue weighted by Gasteiger charge is -2.49. The maximum Gasteiger partial charge on any atom is 0.148 e. The summed E-state index contributed by atoms with van der Waals surface area (Å²) in [5, 5.41) is 3.65. The average molecular weight is 305 g/mol. The van der Waals surface area contributed by atoms with Crippen molar-refractivity contribution in [1.82, 2.24) is 10.2 Å². The third-order valence-corrected chi connectivity index (χ3v) is 5.13. The van der Waals surface area contributed by atoms with Crippen LogP contribution in [0.2, 0.25) is 0 Å². The molecule has 1 aliphatic rings. The van der Waals surface area contributed by atoms with Crippen molar-refractivity contribution in [1.29, 1.82) is 0 Å². The molecule has 0 aromatic carbocycles. The maximum atomic E-state index is 11.5. The zero-order chi connectivity index (χ0) is 15.8. The normalized spacial score (nSPS) is 26.8. The van der Waals surface area contributed by atoms with Crippen molar-refractivity contribution in [3.63, 3.8) is 0 Å².